The maximum atomic E-state index is 12.8. The number of thioether (sulfide) groups is 1. The van der Waals surface area contributed by atoms with Crippen LogP contribution < -0.4 is 4.90 Å². The number of fused-ring (bicyclic) bond motifs is 1. The van der Waals surface area contributed by atoms with Crippen molar-refractivity contribution in [3.05, 3.63) is 70.8 Å². The molecule has 1 amide bonds. The van der Waals surface area contributed by atoms with Crippen LogP contribution in [0.1, 0.15) is 30.7 Å². The molecule has 0 spiro atoms. The van der Waals surface area contributed by atoms with E-state index >= 15 is 0 Å². The molecular formula is C24H26N6OS2. The molecule has 0 unspecified atom stereocenters. The summed E-state index contributed by atoms with van der Waals surface area (Å²) in [6.45, 7) is 3.05. The third-order valence-corrected chi connectivity index (χ3v) is 7.33. The van der Waals surface area contributed by atoms with Crippen LogP contribution in [0, 0.1) is 4.77 Å². The van der Waals surface area contributed by atoms with Gasteiger partial charge in [0.15, 0.2) is 5.82 Å². The predicted octanol–water partition coefficient (Wildman–Crippen LogP) is 4.38. The number of anilines is 1. The molecule has 1 saturated heterocycles. The largest absolute Gasteiger partial charge is 0.303 e. The number of hydrogen-bond acceptors (Lipinski definition) is 6. The van der Waals surface area contributed by atoms with E-state index in [0.717, 1.165) is 29.2 Å². The first-order valence-corrected chi connectivity index (χ1v) is 12.6. The van der Waals surface area contributed by atoms with Crippen molar-refractivity contribution in [2.75, 3.05) is 23.7 Å². The summed E-state index contributed by atoms with van der Waals surface area (Å²) in [5.41, 5.74) is 1.89. The number of carbonyl (C=O) groups excluding carboxylic acids is 1. The number of para-hydroxylation sites is 1. The van der Waals surface area contributed by atoms with E-state index in [2.05, 4.69) is 16.1 Å². The minimum absolute atomic E-state index is 0.0637. The SMILES string of the molecule is O=C1CSc2ccccc2N1Cc1nn(CN2CCCCC2)c(=S)n1/N=C/c1ccccc1. The fourth-order valence-corrected chi connectivity index (χ4v) is 5.36. The summed E-state index contributed by atoms with van der Waals surface area (Å²) in [5.74, 6) is 1.13. The Hall–Kier alpha value is -2.75. The lowest BCUT2D eigenvalue weighted by atomic mass is 10.1. The van der Waals surface area contributed by atoms with E-state index in [1.807, 2.05) is 53.2 Å². The van der Waals surface area contributed by atoms with Gasteiger partial charge < -0.3 is 4.90 Å². The summed E-state index contributed by atoms with van der Waals surface area (Å²) < 4.78 is 4.08. The van der Waals surface area contributed by atoms with Crippen molar-refractivity contribution in [1.82, 2.24) is 19.4 Å². The van der Waals surface area contributed by atoms with Crippen molar-refractivity contribution in [1.29, 1.82) is 0 Å². The Morgan fingerprint density at radius 1 is 1.03 bits per heavy atom. The summed E-state index contributed by atoms with van der Waals surface area (Å²) in [6.07, 6.45) is 5.46. The zero-order valence-electron chi connectivity index (χ0n) is 18.3. The first-order valence-electron chi connectivity index (χ1n) is 11.2. The fourth-order valence-electron chi connectivity index (χ4n) is 4.17. The van der Waals surface area contributed by atoms with Crippen LogP contribution in [0.15, 0.2) is 64.6 Å². The van der Waals surface area contributed by atoms with Gasteiger partial charge in [-0.25, -0.2) is 4.68 Å². The normalized spacial score (nSPS) is 17.0. The lowest BCUT2D eigenvalue weighted by Crippen LogP contribution is -2.35. The lowest BCUT2D eigenvalue weighted by molar-refractivity contribution is -0.116. The van der Waals surface area contributed by atoms with Gasteiger partial charge in [0, 0.05) is 4.90 Å². The second-order valence-corrected chi connectivity index (χ2v) is 9.60. The molecule has 3 heterocycles. The molecule has 0 N–H and O–H groups in total. The summed E-state index contributed by atoms with van der Waals surface area (Å²) >= 11 is 7.36. The van der Waals surface area contributed by atoms with E-state index in [0.29, 0.717) is 29.6 Å². The third kappa shape index (κ3) is 4.95. The van der Waals surface area contributed by atoms with Crippen LogP contribution in [-0.4, -0.2) is 50.3 Å². The highest BCUT2D eigenvalue weighted by atomic mass is 32.2. The van der Waals surface area contributed by atoms with Gasteiger partial charge in [0.25, 0.3) is 0 Å². The van der Waals surface area contributed by atoms with Gasteiger partial charge >= 0.3 is 0 Å². The van der Waals surface area contributed by atoms with Gasteiger partial charge in [-0.15, -0.1) is 11.8 Å². The van der Waals surface area contributed by atoms with Crippen molar-refractivity contribution >= 4 is 41.8 Å². The van der Waals surface area contributed by atoms with Gasteiger partial charge in [0.1, 0.15) is 0 Å². The van der Waals surface area contributed by atoms with E-state index in [4.69, 9.17) is 17.3 Å². The lowest BCUT2D eigenvalue weighted by Gasteiger charge is -2.28. The van der Waals surface area contributed by atoms with Gasteiger partial charge in [-0.2, -0.15) is 14.9 Å². The molecule has 33 heavy (non-hydrogen) atoms. The van der Waals surface area contributed by atoms with E-state index in [-0.39, 0.29) is 5.91 Å². The fraction of sp³-hybridized carbons (Fsp3) is 0.333. The maximum Gasteiger partial charge on any atom is 0.237 e. The Kier molecular flexibility index (Phi) is 6.70. The van der Waals surface area contributed by atoms with Crippen LogP contribution in [0.3, 0.4) is 0 Å². The minimum Gasteiger partial charge on any atom is -0.303 e. The van der Waals surface area contributed by atoms with Crippen molar-refractivity contribution < 1.29 is 4.79 Å². The Labute approximate surface area is 202 Å². The van der Waals surface area contributed by atoms with Crippen LogP contribution in [0.25, 0.3) is 0 Å². The summed E-state index contributed by atoms with van der Waals surface area (Å²) in [6, 6.07) is 17.9. The molecule has 0 saturated carbocycles. The van der Waals surface area contributed by atoms with Gasteiger partial charge in [-0.05, 0) is 55.8 Å². The smallest absolute Gasteiger partial charge is 0.237 e. The molecule has 7 nitrogen and oxygen atoms in total. The molecule has 0 radical (unpaired) electrons. The number of carbonyl (C=O) groups is 1. The first kappa shape index (κ1) is 22.1. The molecule has 9 heteroatoms. The van der Waals surface area contributed by atoms with Crippen LogP contribution in [-0.2, 0) is 18.0 Å². The molecule has 170 valence electrons. The monoisotopic (exact) mass is 478 g/mol. The average molecular weight is 479 g/mol. The van der Waals surface area contributed by atoms with Gasteiger partial charge in [0.2, 0.25) is 10.7 Å². The molecule has 0 bridgehead atoms. The van der Waals surface area contributed by atoms with E-state index in [9.17, 15) is 4.79 Å². The van der Waals surface area contributed by atoms with Crippen LogP contribution in [0.2, 0.25) is 0 Å². The number of likely N-dealkylation sites (tertiary alicyclic amines) is 1. The number of benzene rings is 2. The summed E-state index contributed by atoms with van der Waals surface area (Å²) in [7, 11) is 0. The number of rotatable bonds is 6. The average Bonchev–Trinajstić information content (AvgIpc) is 3.14. The molecule has 2 aliphatic rings. The molecule has 2 aliphatic heterocycles. The van der Waals surface area contributed by atoms with Gasteiger partial charge in [0.05, 0.1) is 30.9 Å². The Morgan fingerprint density at radius 3 is 2.61 bits per heavy atom. The molecule has 1 fully saturated rings. The van der Waals surface area contributed by atoms with Crippen molar-refractivity contribution in [2.45, 2.75) is 37.4 Å². The van der Waals surface area contributed by atoms with Crippen LogP contribution in [0.5, 0.6) is 0 Å². The van der Waals surface area contributed by atoms with E-state index in [1.165, 1.54) is 19.3 Å². The molecular weight excluding hydrogens is 452 g/mol. The van der Waals surface area contributed by atoms with Crippen LogP contribution >= 0.6 is 24.0 Å². The maximum absolute atomic E-state index is 12.8. The highest BCUT2D eigenvalue weighted by Crippen LogP contribution is 2.35. The summed E-state index contributed by atoms with van der Waals surface area (Å²) in [4.78, 5) is 18.1. The first-order chi connectivity index (χ1) is 16.2. The Balaban J connectivity index is 1.49. The van der Waals surface area contributed by atoms with Crippen molar-refractivity contribution in [2.24, 2.45) is 5.10 Å². The van der Waals surface area contributed by atoms with Crippen LogP contribution in [0.4, 0.5) is 5.69 Å². The van der Waals surface area contributed by atoms with E-state index in [1.54, 1.807) is 27.6 Å². The van der Waals surface area contributed by atoms with Gasteiger partial charge in [-0.1, -0.05) is 48.9 Å². The second-order valence-electron chi connectivity index (χ2n) is 8.22. The highest BCUT2D eigenvalue weighted by Gasteiger charge is 2.27. The molecule has 1 aromatic heterocycles. The number of amides is 1. The number of hydrogen-bond donors (Lipinski definition) is 0. The number of nitrogens with zero attached hydrogens (tertiary/aromatic N) is 6. The molecule has 3 aromatic rings. The minimum atomic E-state index is 0.0637. The topological polar surface area (TPSA) is 58.7 Å². The molecule has 0 atom stereocenters. The standard InChI is InChI=1S/C24H26N6OS2/c31-23-17-33-21-12-6-5-11-20(21)28(23)16-22-26-29(18-27-13-7-2-8-14-27)24(32)30(22)25-15-19-9-3-1-4-10-19/h1,3-6,9-12,15H,2,7-8,13-14,16-18H2/b25-15+. The molecule has 5 rings (SSSR count). The number of aromatic nitrogens is 3. The molecule has 0 aliphatic carbocycles. The Bertz CT molecular complexity index is 1210. The van der Waals surface area contributed by atoms with Crippen molar-refractivity contribution in [3.63, 3.8) is 0 Å². The quantitative estimate of drug-likeness (QED) is 0.389. The highest BCUT2D eigenvalue weighted by molar-refractivity contribution is 8.00. The summed E-state index contributed by atoms with van der Waals surface area (Å²) in [5, 5.41) is 9.52. The second kappa shape index (κ2) is 10.0. The zero-order valence-corrected chi connectivity index (χ0v) is 20.0. The predicted molar refractivity (Wildman–Crippen MR) is 134 cm³/mol. The zero-order chi connectivity index (χ0) is 22.6. The Morgan fingerprint density at radius 2 is 1.79 bits per heavy atom. The van der Waals surface area contributed by atoms with Gasteiger partial charge in [-0.3, -0.25) is 9.69 Å². The third-order valence-electron chi connectivity index (χ3n) is 5.89. The number of piperidine rings is 1. The van der Waals surface area contributed by atoms with Crippen molar-refractivity contribution in [3.8, 4) is 0 Å². The molecule has 2 aromatic carbocycles. The van der Waals surface area contributed by atoms with E-state index < -0.39 is 0 Å².